The third kappa shape index (κ3) is 5.32. The highest BCUT2D eigenvalue weighted by Crippen LogP contribution is 2.33. The molecule has 1 amide bonds. The number of aliphatic imine (C=N–C) groups is 1. The summed E-state index contributed by atoms with van der Waals surface area (Å²) >= 11 is 6.39. The van der Waals surface area contributed by atoms with E-state index in [1.54, 1.807) is 55.5 Å². The lowest BCUT2D eigenvalue weighted by Crippen LogP contribution is -2.32. The van der Waals surface area contributed by atoms with E-state index < -0.39 is 12.0 Å². The molecule has 3 aromatic rings. The van der Waals surface area contributed by atoms with Crippen LogP contribution < -0.4 is 11.1 Å². The summed E-state index contributed by atoms with van der Waals surface area (Å²) < 4.78 is 5.79. The largest absolute Gasteiger partial charge is 0.478 e. The van der Waals surface area contributed by atoms with Crippen LogP contribution in [-0.4, -0.2) is 28.9 Å². The van der Waals surface area contributed by atoms with Crippen molar-refractivity contribution in [2.75, 3.05) is 0 Å². The molecule has 2 aromatic carbocycles. The lowest BCUT2D eigenvalue weighted by molar-refractivity contribution is -0.122. The Morgan fingerprint density at radius 3 is 2.58 bits per heavy atom. The van der Waals surface area contributed by atoms with Crippen LogP contribution in [0.4, 0.5) is 0 Å². The fraction of sp³-hybridized carbons (Fsp3) is 0.174. The lowest BCUT2D eigenvalue weighted by atomic mass is 10.0. The molecule has 8 heteroatoms. The van der Waals surface area contributed by atoms with Gasteiger partial charge in [0.25, 0.3) is 0 Å². The highest BCUT2D eigenvalue weighted by Gasteiger charge is 2.14. The maximum Gasteiger partial charge on any atom is 0.335 e. The normalized spacial score (nSPS) is 12.9. The maximum atomic E-state index is 12.2. The topological polar surface area (TPSA) is 118 Å². The number of carboxylic acids is 1. The number of amidine groups is 1. The van der Waals surface area contributed by atoms with Gasteiger partial charge in [-0.2, -0.15) is 0 Å². The molecule has 3 rings (SSSR count). The van der Waals surface area contributed by atoms with Crippen molar-refractivity contribution in [2.45, 2.75) is 26.4 Å². The molecule has 0 saturated heterocycles. The van der Waals surface area contributed by atoms with Gasteiger partial charge < -0.3 is 20.6 Å². The fourth-order valence-corrected chi connectivity index (χ4v) is 3.31. The van der Waals surface area contributed by atoms with E-state index in [4.69, 9.17) is 26.9 Å². The number of carbonyl (C=O) groups is 2. The second-order valence-electron chi connectivity index (χ2n) is 6.92. The Morgan fingerprint density at radius 1 is 1.23 bits per heavy atom. The number of halogens is 1. The van der Waals surface area contributed by atoms with Crippen LogP contribution >= 0.6 is 11.6 Å². The number of rotatable bonds is 7. The predicted molar refractivity (Wildman–Crippen MR) is 121 cm³/mol. The van der Waals surface area contributed by atoms with Gasteiger partial charge in [-0.15, -0.1) is 0 Å². The van der Waals surface area contributed by atoms with Gasteiger partial charge >= 0.3 is 5.97 Å². The quantitative estimate of drug-likeness (QED) is 0.372. The molecule has 1 aromatic heterocycles. The van der Waals surface area contributed by atoms with Crippen molar-refractivity contribution in [1.29, 1.82) is 0 Å². The van der Waals surface area contributed by atoms with Gasteiger partial charge in [-0.3, -0.25) is 9.79 Å². The number of nitrogens with one attached hydrogen (secondary N) is 1. The van der Waals surface area contributed by atoms with Crippen LogP contribution in [0, 0.1) is 0 Å². The van der Waals surface area contributed by atoms with Gasteiger partial charge in [0, 0.05) is 5.39 Å². The third-order valence-corrected chi connectivity index (χ3v) is 4.86. The molecular weight excluding hydrogens is 418 g/mol. The average Bonchev–Trinajstić information content (AvgIpc) is 3.15. The van der Waals surface area contributed by atoms with Crippen molar-refractivity contribution in [1.82, 2.24) is 5.32 Å². The number of nitrogens with zero attached hydrogens (tertiary/aromatic N) is 1. The standard InChI is InChI=1S/C23H22ClN3O4/c1-3-4-20(25)27-13(2)22(28)26-12-18-10-17-9-16(11-19(24)21(17)31-18)14-5-7-15(8-6-14)23(29)30/h3-11,13H,12H2,1-2H3,(H2,25,27)(H,26,28)(H,29,30)/b4-3-. The molecule has 1 atom stereocenters. The smallest absolute Gasteiger partial charge is 0.335 e. The van der Waals surface area contributed by atoms with Gasteiger partial charge in [0.1, 0.15) is 17.6 Å². The number of carbonyl (C=O) groups excluding carboxylic acids is 1. The summed E-state index contributed by atoms with van der Waals surface area (Å²) in [5.74, 6) is -0.435. The Kier molecular flexibility index (Phi) is 6.77. The minimum atomic E-state index is -0.980. The number of hydrogen-bond donors (Lipinski definition) is 3. The number of allylic oxidation sites excluding steroid dienone is 1. The lowest BCUT2D eigenvalue weighted by Gasteiger charge is -2.07. The maximum absolute atomic E-state index is 12.2. The van der Waals surface area contributed by atoms with Crippen LogP contribution in [0.3, 0.4) is 0 Å². The van der Waals surface area contributed by atoms with Crippen molar-refractivity contribution in [2.24, 2.45) is 10.7 Å². The Bertz CT molecular complexity index is 1180. The first-order valence-corrected chi connectivity index (χ1v) is 9.95. The van der Waals surface area contributed by atoms with Crippen LogP contribution in [0.2, 0.25) is 5.02 Å². The molecule has 0 radical (unpaired) electrons. The highest BCUT2D eigenvalue weighted by molar-refractivity contribution is 6.35. The summed E-state index contributed by atoms with van der Waals surface area (Å²) in [4.78, 5) is 27.4. The summed E-state index contributed by atoms with van der Waals surface area (Å²) in [6, 6.07) is 11.4. The van der Waals surface area contributed by atoms with Crippen LogP contribution in [0.15, 0.2) is 64.0 Å². The molecule has 31 heavy (non-hydrogen) atoms. The molecule has 0 spiro atoms. The second kappa shape index (κ2) is 9.49. The molecule has 0 bridgehead atoms. The summed E-state index contributed by atoms with van der Waals surface area (Å²) in [6.45, 7) is 3.65. The van der Waals surface area contributed by atoms with Gasteiger partial charge in [0.05, 0.1) is 17.1 Å². The first-order valence-electron chi connectivity index (χ1n) is 9.58. The molecule has 0 fully saturated rings. The van der Waals surface area contributed by atoms with Crippen LogP contribution in [-0.2, 0) is 11.3 Å². The number of nitrogens with two attached hydrogens (primary N) is 1. The number of aromatic carboxylic acids is 1. The second-order valence-corrected chi connectivity index (χ2v) is 7.33. The zero-order valence-corrected chi connectivity index (χ0v) is 17.8. The Labute approximate surface area is 184 Å². The summed E-state index contributed by atoms with van der Waals surface area (Å²) in [5.41, 5.74) is 8.09. The van der Waals surface area contributed by atoms with Gasteiger partial charge in [0.2, 0.25) is 5.91 Å². The first kappa shape index (κ1) is 22.1. The molecular formula is C23H22ClN3O4. The summed E-state index contributed by atoms with van der Waals surface area (Å²) in [6.07, 6.45) is 3.37. The van der Waals surface area contributed by atoms with E-state index >= 15 is 0 Å². The minimum absolute atomic E-state index is 0.176. The van der Waals surface area contributed by atoms with Crippen molar-refractivity contribution < 1.29 is 19.1 Å². The van der Waals surface area contributed by atoms with Gasteiger partial charge in [-0.05, 0) is 61.4 Å². The Hall–Kier alpha value is -3.58. The zero-order chi connectivity index (χ0) is 22.5. The number of fused-ring (bicyclic) bond motifs is 1. The number of furan rings is 1. The van der Waals surface area contributed by atoms with E-state index in [2.05, 4.69) is 10.3 Å². The fourth-order valence-electron chi connectivity index (χ4n) is 3.04. The summed E-state index contributed by atoms with van der Waals surface area (Å²) in [7, 11) is 0. The monoisotopic (exact) mass is 439 g/mol. The van der Waals surface area contributed by atoms with E-state index in [1.165, 1.54) is 0 Å². The molecule has 7 nitrogen and oxygen atoms in total. The van der Waals surface area contributed by atoms with Crippen LogP contribution in [0.1, 0.15) is 30.0 Å². The van der Waals surface area contributed by atoms with Crippen LogP contribution in [0.5, 0.6) is 0 Å². The average molecular weight is 440 g/mol. The van der Waals surface area contributed by atoms with E-state index in [0.29, 0.717) is 16.4 Å². The predicted octanol–water partition coefficient (Wildman–Crippen LogP) is 4.39. The molecule has 160 valence electrons. The van der Waals surface area contributed by atoms with Crippen molar-refractivity contribution >= 4 is 40.3 Å². The number of carboxylic acid groups (broad SMARTS) is 1. The highest BCUT2D eigenvalue weighted by atomic mass is 35.5. The molecule has 0 saturated carbocycles. The number of hydrogen-bond acceptors (Lipinski definition) is 4. The van der Waals surface area contributed by atoms with Gasteiger partial charge in [0.15, 0.2) is 5.58 Å². The number of benzene rings is 2. The van der Waals surface area contributed by atoms with Crippen LogP contribution in [0.25, 0.3) is 22.1 Å². The first-order chi connectivity index (χ1) is 14.8. The van der Waals surface area contributed by atoms with E-state index in [1.807, 2.05) is 13.0 Å². The number of amides is 1. The minimum Gasteiger partial charge on any atom is -0.478 e. The van der Waals surface area contributed by atoms with E-state index in [-0.39, 0.29) is 23.9 Å². The molecule has 0 aliphatic carbocycles. The third-order valence-electron chi connectivity index (χ3n) is 4.58. The Morgan fingerprint density at radius 2 is 1.94 bits per heavy atom. The molecule has 0 aliphatic heterocycles. The van der Waals surface area contributed by atoms with Gasteiger partial charge in [-0.1, -0.05) is 29.8 Å². The zero-order valence-electron chi connectivity index (χ0n) is 17.1. The van der Waals surface area contributed by atoms with E-state index in [9.17, 15) is 9.59 Å². The molecule has 1 heterocycles. The van der Waals surface area contributed by atoms with Crippen molar-refractivity contribution in [3.63, 3.8) is 0 Å². The Balaban J connectivity index is 1.77. The van der Waals surface area contributed by atoms with Crippen molar-refractivity contribution in [3.8, 4) is 11.1 Å². The molecule has 1 unspecified atom stereocenters. The van der Waals surface area contributed by atoms with Gasteiger partial charge in [-0.25, -0.2) is 4.79 Å². The van der Waals surface area contributed by atoms with E-state index in [0.717, 1.165) is 16.5 Å². The SMILES string of the molecule is C/C=C\C(N)=NC(C)C(=O)NCc1cc2cc(-c3ccc(C(=O)O)cc3)cc(Cl)c2o1. The molecule has 4 N–H and O–H groups in total. The van der Waals surface area contributed by atoms with Crippen molar-refractivity contribution in [3.05, 3.63) is 71.0 Å². The summed E-state index contributed by atoms with van der Waals surface area (Å²) in [5, 5.41) is 13.0. The molecule has 0 aliphatic rings.